The van der Waals surface area contributed by atoms with E-state index in [-0.39, 0.29) is 5.03 Å². The number of nitrogens with zero attached hydrogens (tertiary/aromatic N) is 1. The minimum absolute atomic E-state index is 0.106. The maximum atomic E-state index is 13.5. The third kappa shape index (κ3) is 3.17. The van der Waals surface area contributed by atoms with E-state index in [0.717, 1.165) is 0 Å². The Balaban J connectivity index is 2.30. The zero-order chi connectivity index (χ0) is 20.0. The number of anilines is 1. The number of carbonyl (C=O) groups is 2. The standard InChI is InChI=1S/C21H18Cl2FNO2/c1-20(2,3)17-16(22)18(26)21(23,13-7-5-4-6-8-13)19(27)25(17)15-11-9-14(24)10-12-15/h4-12H,1-3H3/t21-/m1/s1. The minimum atomic E-state index is -1.98. The maximum absolute atomic E-state index is 13.5. The van der Waals surface area contributed by atoms with Crippen LogP contribution in [-0.4, -0.2) is 11.7 Å². The summed E-state index contributed by atoms with van der Waals surface area (Å²) in [5, 5.41) is -0.106. The van der Waals surface area contributed by atoms with Crippen molar-refractivity contribution in [3.63, 3.8) is 0 Å². The van der Waals surface area contributed by atoms with E-state index in [4.69, 9.17) is 23.2 Å². The zero-order valence-corrected chi connectivity index (χ0v) is 16.6. The van der Waals surface area contributed by atoms with Gasteiger partial charge in [0.1, 0.15) is 10.8 Å². The molecule has 27 heavy (non-hydrogen) atoms. The molecule has 0 bridgehead atoms. The van der Waals surface area contributed by atoms with Crippen molar-refractivity contribution in [2.75, 3.05) is 4.90 Å². The monoisotopic (exact) mass is 405 g/mol. The van der Waals surface area contributed by atoms with Crippen LogP contribution in [0.15, 0.2) is 65.3 Å². The first kappa shape index (κ1) is 19.6. The molecule has 1 atom stereocenters. The van der Waals surface area contributed by atoms with E-state index >= 15 is 0 Å². The second-order valence-corrected chi connectivity index (χ2v) is 8.33. The van der Waals surface area contributed by atoms with Crippen LogP contribution < -0.4 is 4.90 Å². The molecule has 0 unspecified atom stereocenters. The van der Waals surface area contributed by atoms with Crippen molar-refractivity contribution in [3.8, 4) is 0 Å². The Morgan fingerprint density at radius 2 is 1.52 bits per heavy atom. The van der Waals surface area contributed by atoms with Crippen molar-refractivity contribution >= 4 is 40.6 Å². The summed E-state index contributed by atoms with van der Waals surface area (Å²) in [4.78, 5) is 26.0. The molecule has 1 aliphatic heterocycles. The molecule has 3 nitrogen and oxygen atoms in total. The summed E-state index contributed by atoms with van der Waals surface area (Å²) in [5.74, 6) is -1.74. The molecule has 0 radical (unpaired) electrons. The SMILES string of the molecule is CC(C)(C)C1=C(Cl)C(=O)[C@](Cl)(c2ccccc2)C(=O)N1c1ccc(F)cc1. The first-order chi connectivity index (χ1) is 12.6. The van der Waals surface area contributed by atoms with Gasteiger partial charge in [-0.1, -0.05) is 74.3 Å². The van der Waals surface area contributed by atoms with Gasteiger partial charge in [0.15, 0.2) is 0 Å². The number of benzene rings is 2. The van der Waals surface area contributed by atoms with Crippen LogP contribution in [0.5, 0.6) is 0 Å². The highest BCUT2D eigenvalue weighted by molar-refractivity contribution is 6.58. The quantitative estimate of drug-likeness (QED) is 0.497. The van der Waals surface area contributed by atoms with Gasteiger partial charge in [0, 0.05) is 11.1 Å². The molecule has 6 heteroatoms. The molecule has 0 aliphatic carbocycles. The lowest BCUT2D eigenvalue weighted by atomic mass is 9.81. The van der Waals surface area contributed by atoms with E-state index < -0.39 is 27.8 Å². The summed E-state index contributed by atoms with van der Waals surface area (Å²) in [6, 6.07) is 13.8. The lowest BCUT2D eigenvalue weighted by molar-refractivity contribution is -0.129. The second kappa shape index (κ2) is 6.77. The largest absolute Gasteiger partial charge is 0.290 e. The lowest BCUT2D eigenvalue weighted by Gasteiger charge is -2.42. The van der Waals surface area contributed by atoms with Gasteiger partial charge in [-0.3, -0.25) is 14.5 Å². The van der Waals surface area contributed by atoms with Gasteiger partial charge in [-0.2, -0.15) is 0 Å². The van der Waals surface area contributed by atoms with Gasteiger partial charge in [-0.05, 0) is 29.8 Å². The molecular weight excluding hydrogens is 388 g/mol. The molecule has 0 N–H and O–H groups in total. The third-order valence-corrected chi connectivity index (χ3v) is 5.31. The number of rotatable bonds is 2. The number of hydrogen-bond acceptors (Lipinski definition) is 2. The van der Waals surface area contributed by atoms with Crippen LogP contribution in [0.1, 0.15) is 26.3 Å². The summed E-state index contributed by atoms with van der Waals surface area (Å²) in [7, 11) is 0. The second-order valence-electron chi connectivity index (χ2n) is 7.38. The Morgan fingerprint density at radius 1 is 0.963 bits per heavy atom. The first-order valence-electron chi connectivity index (χ1n) is 8.38. The fourth-order valence-electron chi connectivity index (χ4n) is 3.13. The molecule has 1 heterocycles. The number of allylic oxidation sites excluding steroid dienone is 2. The smallest absolute Gasteiger partial charge is 0.265 e. The molecule has 3 rings (SSSR count). The Morgan fingerprint density at radius 3 is 2.04 bits per heavy atom. The fourth-order valence-corrected chi connectivity index (χ4v) is 4.00. The predicted molar refractivity (Wildman–Crippen MR) is 105 cm³/mol. The van der Waals surface area contributed by atoms with Crippen molar-refractivity contribution in [1.29, 1.82) is 0 Å². The van der Waals surface area contributed by atoms with Gasteiger partial charge in [-0.15, -0.1) is 0 Å². The zero-order valence-electron chi connectivity index (χ0n) is 15.1. The third-order valence-electron chi connectivity index (χ3n) is 4.41. The summed E-state index contributed by atoms with van der Waals surface area (Å²) >= 11 is 13.1. The van der Waals surface area contributed by atoms with Gasteiger partial charge in [0.25, 0.3) is 5.91 Å². The minimum Gasteiger partial charge on any atom is -0.290 e. The number of carbonyl (C=O) groups excluding carboxylic acids is 2. The van der Waals surface area contributed by atoms with Crippen LogP contribution >= 0.6 is 23.2 Å². The molecule has 0 saturated carbocycles. The summed E-state index contributed by atoms with van der Waals surface area (Å²) in [5.41, 5.74) is 0.418. The number of ketones is 1. The van der Waals surface area contributed by atoms with Gasteiger partial charge >= 0.3 is 0 Å². The van der Waals surface area contributed by atoms with Crippen LogP contribution in [0.2, 0.25) is 0 Å². The Kier molecular flexibility index (Phi) is 4.91. The highest BCUT2D eigenvalue weighted by Gasteiger charge is 2.55. The molecular formula is C21H18Cl2FNO2. The van der Waals surface area contributed by atoms with E-state index in [1.165, 1.54) is 29.2 Å². The normalized spacial score (nSPS) is 21.0. The molecule has 2 aromatic carbocycles. The van der Waals surface area contributed by atoms with Crippen molar-refractivity contribution in [1.82, 2.24) is 0 Å². The number of halogens is 3. The van der Waals surface area contributed by atoms with Gasteiger partial charge in [0.2, 0.25) is 10.7 Å². The molecule has 140 valence electrons. The number of hydrogen-bond donors (Lipinski definition) is 0. The van der Waals surface area contributed by atoms with E-state index in [9.17, 15) is 14.0 Å². The number of amides is 1. The Bertz CT molecular complexity index is 933. The molecule has 2 aromatic rings. The molecule has 0 saturated heterocycles. The molecule has 0 spiro atoms. The fraction of sp³-hybridized carbons (Fsp3) is 0.238. The number of alkyl halides is 1. The predicted octanol–water partition coefficient (Wildman–Crippen LogP) is 5.37. The molecule has 1 amide bonds. The van der Waals surface area contributed by atoms with Crippen LogP contribution in [0.3, 0.4) is 0 Å². The average Bonchev–Trinajstić information content (AvgIpc) is 2.63. The molecule has 0 fully saturated rings. The van der Waals surface area contributed by atoms with E-state index in [1.54, 1.807) is 30.3 Å². The van der Waals surface area contributed by atoms with E-state index in [2.05, 4.69) is 0 Å². The van der Waals surface area contributed by atoms with Gasteiger partial charge < -0.3 is 0 Å². The van der Waals surface area contributed by atoms with Crippen molar-refractivity contribution < 1.29 is 14.0 Å². The van der Waals surface area contributed by atoms with Crippen molar-refractivity contribution in [3.05, 3.63) is 76.7 Å². The van der Waals surface area contributed by atoms with Crippen LogP contribution in [0, 0.1) is 11.2 Å². The molecule has 0 aromatic heterocycles. The summed E-state index contributed by atoms with van der Waals surface area (Å²) < 4.78 is 13.4. The topological polar surface area (TPSA) is 37.4 Å². The van der Waals surface area contributed by atoms with Gasteiger partial charge in [-0.25, -0.2) is 4.39 Å². The van der Waals surface area contributed by atoms with Crippen LogP contribution in [0.4, 0.5) is 10.1 Å². The average molecular weight is 406 g/mol. The highest BCUT2D eigenvalue weighted by atomic mass is 35.5. The van der Waals surface area contributed by atoms with Gasteiger partial charge in [0.05, 0.1) is 5.70 Å². The summed E-state index contributed by atoms with van der Waals surface area (Å²) in [6.07, 6.45) is 0. The van der Waals surface area contributed by atoms with Crippen molar-refractivity contribution in [2.45, 2.75) is 25.6 Å². The maximum Gasteiger partial charge on any atom is 0.265 e. The van der Waals surface area contributed by atoms with E-state index in [0.29, 0.717) is 16.9 Å². The number of Topliss-reactive ketones (excluding diaryl/α,β-unsaturated/α-hetero) is 1. The van der Waals surface area contributed by atoms with Crippen LogP contribution in [0.25, 0.3) is 0 Å². The van der Waals surface area contributed by atoms with E-state index in [1.807, 2.05) is 20.8 Å². The van der Waals surface area contributed by atoms with Crippen LogP contribution in [-0.2, 0) is 14.5 Å². The first-order valence-corrected chi connectivity index (χ1v) is 9.13. The Labute approximate surface area is 167 Å². The summed E-state index contributed by atoms with van der Waals surface area (Å²) in [6.45, 7) is 5.52. The molecule has 1 aliphatic rings. The highest BCUT2D eigenvalue weighted by Crippen LogP contribution is 2.47. The lowest BCUT2D eigenvalue weighted by Crippen LogP contribution is -2.54. The van der Waals surface area contributed by atoms with Crippen molar-refractivity contribution in [2.24, 2.45) is 5.41 Å². The Hall–Kier alpha value is -2.17.